The molecule has 0 aromatic rings. The molecule has 0 radical (unpaired) electrons. The zero-order valence-electron chi connectivity index (χ0n) is 22.5. The van der Waals surface area contributed by atoms with E-state index in [0.717, 1.165) is 44.0 Å². The van der Waals surface area contributed by atoms with Gasteiger partial charge in [-0.3, -0.25) is 0 Å². The van der Waals surface area contributed by atoms with Gasteiger partial charge < -0.3 is 44.5 Å². The van der Waals surface area contributed by atoms with Crippen molar-refractivity contribution in [2.45, 2.75) is 107 Å². The molecular formula is C29H42O10. The molecule has 0 unspecified atom stereocenters. The van der Waals surface area contributed by atoms with Crippen molar-refractivity contribution in [2.75, 3.05) is 13.2 Å². The van der Waals surface area contributed by atoms with Gasteiger partial charge in [0.2, 0.25) is 0 Å². The van der Waals surface area contributed by atoms with E-state index < -0.39 is 48.3 Å². The summed E-state index contributed by atoms with van der Waals surface area (Å²) in [7, 11) is 0. The van der Waals surface area contributed by atoms with Crippen LogP contribution in [-0.4, -0.2) is 93.4 Å². The molecule has 218 valence electrons. The van der Waals surface area contributed by atoms with Crippen LogP contribution in [0.25, 0.3) is 0 Å². The topological polar surface area (TPSA) is 163 Å². The van der Waals surface area contributed by atoms with Crippen LogP contribution in [0.15, 0.2) is 11.6 Å². The number of aldehydes is 1. The molecule has 4 saturated carbocycles. The second kappa shape index (κ2) is 9.86. The predicted molar refractivity (Wildman–Crippen MR) is 135 cm³/mol. The van der Waals surface area contributed by atoms with E-state index in [1.54, 1.807) is 6.08 Å². The fourth-order valence-corrected chi connectivity index (χ4v) is 9.79. The molecule has 0 amide bonds. The number of carbonyl (C=O) groups is 2. The van der Waals surface area contributed by atoms with E-state index in [-0.39, 0.29) is 41.2 Å². The van der Waals surface area contributed by atoms with Gasteiger partial charge in [-0.1, -0.05) is 6.92 Å². The normalized spacial score (nSPS) is 53.3. The van der Waals surface area contributed by atoms with Crippen LogP contribution in [-0.2, 0) is 23.8 Å². The van der Waals surface area contributed by atoms with Crippen molar-refractivity contribution < 1.29 is 49.3 Å². The van der Waals surface area contributed by atoms with E-state index >= 15 is 0 Å². The molecule has 39 heavy (non-hydrogen) atoms. The zero-order valence-corrected chi connectivity index (χ0v) is 22.5. The Labute approximate surface area is 228 Å². The number of aliphatic hydroxyl groups excluding tert-OH is 4. The lowest BCUT2D eigenvalue weighted by atomic mass is 9.43. The lowest BCUT2D eigenvalue weighted by Gasteiger charge is -2.63. The van der Waals surface area contributed by atoms with Gasteiger partial charge in [-0.15, -0.1) is 0 Å². The predicted octanol–water partition coefficient (Wildman–Crippen LogP) is 0.608. The van der Waals surface area contributed by atoms with Crippen LogP contribution in [0, 0.1) is 34.5 Å². The van der Waals surface area contributed by atoms with Crippen molar-refractivity contribution in [3.05, 3.63) is 11.6 Å². The SMILES string of the molecule is C[C@]12CC[C@H]3[C@@H](CC[C@H]4C[C@@H](O[C@@H]5O[C@H](CO)[C@@H](O)[C@H](O)[C@H]5O)CC[C@@]43C=O)[C@@]1(O)CC[C@H]2C1=CC(=O)OC1. The second-order valence-electron chi connectivity index (χ2n) is 13.2. The van der Waals surface area contributed by atoms with Gasteiger partial charge in [0.05, 0.1) is 18.3 Å². The van der Waals surface area contributed by atoms with Crippen molar-refractivity contribution in [3.8, 4) is 0 Å². The fraction of sp³-hybridized carbons (Fsp3) is 0.862. The number of esters is 1. The number of rotatable bonds is 5. The van der Waals surface area contributed by atoms with Gasteiger partial charge in [-0.25, -0.2) is 4.79 Å². The van der Waals surface area contributed by atoms with Crippen LogP contribution in [0.2, 0.25) is 0 Å². The Morgan fingerprint density at radius 1 is 1.03 bits per heavy atom. The van der Waals surface area contributed by atoms with Gasteiger partial charge in [0.15, 0.2) is 6.29 Å². The van der Waals surface area contributed by atoms with E-state index in [4.69, 9.17) is 14.2 Å². The maximum absolute atomic E-state index is 12.9. The summed E-state index contributed by atoms with van der Waals surface area (Å²) in [4.78, 5) is 24.7. The minimum atomic E-state index is -1.49. The van der Waals surface area contributed by atoms with Crippen LogP contribution < -0.4 is 0 Å². The Hall–Kier alpha value is -1.40. The summed E-state index contributed by atoms with van der Waals surface area (Å²) in [5.41, 5.74) is -0.841. The molecule has 5 N–H and O–H groups in total. The third-order valence-electron chi connectivity index (χ3n) is 11.9. The Balaban J connectivity index is 1.18. The lowest BCUT2D eigenvalue weighted by molar-refractivity contribution is -0.316. The van der Waals surface area contributed by atoms with Gasteiger partial charge in [-0.05, 0) is 87.0 Å². The van der Waals surface area contributed by atoms with Crippen molar-refractivity contribution in [1.82, 2.24) is 0 Å². The summed E-state index contributed by atoms with van der Waals surface area (Å²) >= 11 is 0. The molecule has 2 heterocycles. The van der Waals surface area contributed by atoms with Gasteiger partial charge >= 0.3 is 5.97 Å². The van der Waals surface area contributed by atoms with Crippen molar-refractivity contribution in [1.29, 1.82) is 0 Å². The Morgan fingerprint density at radius 2 is 1.82 bits per heavy atom. The molecule has 2 aliphatic heterocycles. The quantitative estimate of drug-likeness (QED) is 0.186. The molecule has 4 aliphatic carbocycles. The van der Waals surface area contributed by atoms with Gasteiger partial charge in [-0.2, -0.15) is 0 Å². The average molecular weight is 551 g/mol. The van der Waals surface area contributed by atoms with E-state index in [2.05, 4.69) is 6.92 Å². The number of cyclic esters (lactones) is 1. The van der Waals surface area contributed by atoms with Crippen molar-refractivity contribution in [3.63, 3.8) is 0 Å². The summed E-state index contributed by atoms with van der Waals surface area (Å²) < 4.78 is 16.9. The first-order valence-electron chi connectivity index (χ1n) is 14.6. The van der Waals surface area contributed by atoms with E-state index in [0.29, 0.717) is 32.3 Å². The van der Waals surface area contributed by atoms with Gasteiger partial charge in [0.25, 0.3) is 0 Å². The van der Waals surface area contributed by atoms with Crippen molar-refractivity contribution in [2.24, 2.45) is 34.5 Å². The van der Waals surface area contributed by atoms with Crippen LogP contribution in [0.4, 0.5) is 0 Å². The second-order valence-corrected chi connectivity index (χ2v) is 13.2. The summed E-state index contributed by atoms with van der Waals surface area (Å²) in [6.45, 7) is 1.95. The number of aliphatic hydroxyl groups is 5. The maximum atomic E-state index is 12.9. The highest BCUT2D eigenvalue weighted by atomic mass is 16.7. The molecule has 10 heteroatoms. The molecule has 1 saturated heterocycles. The Bertz CT molecular complexity index is 1010. The first kappa shape index (κ1) is 27.8. The summed E-state index contributed by atoms with van der Waals surface area (Å²) in [5, 5.41) is 52.5. The van der Waals surface area contributed by atoms with Crippen LogP contribution in [0.3, 0.4) is 0 Å². The maximum Gasteiger partial charge on any atom is 0.331 e. The number of carbonyl (C=O) groups excluding carboxylic acids is 2. The Kier molecular flexibility index (Phi) is 7.01. The average Bonchev–Trinajstić information content (AvgIpc) is 3.48. The molecule has 10 nitrogen and oxygen atoms in total. The Morgan fingerprint density at radius 3 is 2.51 bits per heavy atom. The van der Waals surface area contributed by atoms with Crippen molar-refractivity contribution >= 4 is 12.3 Å². The minimum Gasteiger partial charge on any atom is -0.458 e. The fourth-order valence-electron chi connectivity index (χ4n) is 9.79. The molecule has 5 fully saturated rings. The van der Waals surface area contributed by atoms with Crippen LogP contribution in [0.5, 0.6) is 0 Å². The molecule has 0 bridgehead atoms. The molecule has 0 aromatic heterocycles. The third kappa shape index (κ3) is 4.00. The summed E-state index contributed by atoms with van der Waals surface area (Å²) in [6, 6.07) is 0. The van der Waals surface area contributed by atoms with E-state index in [1.807, 2.05) is 0 Å². The number of hydrogen-bond acceptors (Lipinski definition) is 10. The monoisotopic (exact) mass is 550 g/mol. The highest BCUT2D eigenvalue weighted by Gasteiger charge is 2.68. The van der Waals surface area contributed by atoms with Crippen LogP contribution >= 0.6 is 0 Å². The molecule has 0 aromatic carbocycles. The van der Waals surface area contributed by atoms with E-state index in [9.17, 15) is 35.1 Å². The summed E-state index contributed by atoms with van der Waals surface area (Å²) in [5.74, 6) is -0.0737. The molecule has 6 rings (SSSR count). The number of fused-ring (bicyclic) bond motifs is 5. The molecule has 0 spiro atoms. The number of ether oxygens (including phenoxy) is 3. The summed E-state index contributed by atoms with van der Waals surface area (Å²) in [6.07, 6.45) is 2.30. The van der Waals surface area contributed by atoms with E-state index in [1.165, 1.54) is 0 Å². The first-order chi connectivity index (χ1) is 18.6. The van der Waals surface area contributed by atoms with Gasteiger partial charge in [0.1, 0.15) is 37.3 Å². The first-order valence-corrected chi connectivity index (χ1v) is 14.6. The molecule has 13 atom stereocenters. The highest BCUT2D eigenvalue weighted by molar-refractivity contribution is 5.85. The van der Waals surface area contributed by atoms with Crippen LogP contribution in [0.1, 0.15) is 64.7 Å². The molecule has 6 aliphatic rings. The smallest absolute Gasteiger partial charge is 0.331 e. The molecular weight excluding hydrogens is 508 g/mol. The number of hydrogen-bond donors (Lipinski definition) is 5. The highest BCUT2D eigenvalue weighted by Crippen LogP contribution is 2.69. The zero-order chi connectivity index (χ0) is 27.7. The standard InChI is InChI=1S/C29H42O10/c1-27-7-5-19-20(29(27,36)9-6-18(27)15-10-22(32)37-13-15)3-2-16-11-17(4-8-28(16,19)14-31)38-26-25(35)24(34)23(33)21(12-30)39-26/h10,14,16-21,23-26,30,33-36H,2-9,11-13H2,1H3/t16-,17-,18-,19-,20+,21+,23+,24-,25+,26+,27+,28+,29-/m0/s1. The largest absolute Gasteiger partial charge is 0.458 e. The lowest BCUT2D eigenvalue weighted by Crippen LogP contribution is -2.63. The van der Waals surface area contributed by atoms with Gasteiger partial charge in [0, 0.05) is 16.9 Å². The minimum absolute atomic E-state index is 0.00392. The third-order valence-corrected chi connectivity index (χ3v) is 11.9.